The number of piperazine rings is 1. The third kappa shape index (κ3) is 4.14. The van der Waals surface area contributed by atoms with Crippen LogP contribution in [0.4, 0.5) is 22.0 Å². The lowest BCUT2D eigenvalue weighted by atomic mass is 10.0. The first-order valence-electron chi connectivity index (χ1n) is 6.39. The third-order valence-corrected chi connectivity index (χ3v) is 3.83. The van der Waals surface area contributed by atoms with E-state index < -0.39 is 24.2 Å². The van der Waals surface area contributed by atoms with Crippen LogP contribution in [0.3, 0.4) is 0 Å². The molecule has 1 heterocycles. The summed E-state index contributed by atoms with van der Waals surface area (Å²) in [6.45, 7) is 1.85. The van der Waals surface area contributed by atoms with Crippen molar-refractivity contribution in [3.63, 3.8) is 0 Å². The number of benzene rings is 1. The fourth-order valence-electron chi connectivity index (χ4n) is 2.42. The highest BCUT2D eigenvalue weighted by Crippen LogP contribution is 2.36. The SMILES string of the molecule is FC(F)[C@@H](c1cc(Br)cc(C(F)(F)F)c1)N1CCNCC1. The molecule has 1 aliphatic heterocycles. The Morgan fingerprint density at radius 3 is 2.24 bits per heavy atom. The van der Waals surface area contributed by atoms with Gasteiger partial charge in [-0.1, -0.05) is 15.9 Å². The Hall–Kier alpha value is -0.730. The van der Waals surface area contributed by atoms with Gasteiger partial charge in [0.2, 0.25) is 0 Å². The van der Waals surface area contributed by atoms with Gasteiger partial charge in [0.25, 0.3) is 6.43 Å². The van der Waals surface area contributed by atoms with Gasteiger partial charge in [-0.05, 0) is 23.8 Å². The Bertz CT molecular complexity index is 486. The number of halogens is 6. The van der Waals surface area contributed by atoms with Crippen LogP contribution in [0.2, 0.25) is 0 Å². The predicted octanol–water partition coefficient (Wildman–Crippen LogP) is 3.68. The van der Waals surface area contributed by atoms with Crippen LogP contribution in [-0.4, -0.2) is 37.5 Å². The van der Waals surface area contributed by atoms with E-state index in [1.807, 2.05) is 0 Å². The van der Waals surface area contributed by atoms with Crippen molar-refractivity contribution in [2.24, 2.45) is 0 Å². The molecular formula is C13H14BrF5N2. The fraction of sp³-hybridized carbons (Fsp3) is 0.538. The van der Waals surface area contributed by atoms with Crippen molar-refractivity contribution in [3.05, 3.63) is 33.8 Å². The van der Waals surface area contributed by atoms with Gasteiger partial charge >= 0.3 is 6.18 Å². The fourth-order valence-corrected chi connectivity index (χ4v) is 2.93. The van der Waals surface area contributed by atoms with E-state index in [0.717, 1.165) is 12.1 Å². The van der Waals surface area contributed by atoms with Crippen LogP contribution < -0.4 is 5.32 Å². The lowest BCUT2D eigenvalue weighted by Crippen LogP contribution is -2.47. The molecular weight excluding hydrogens is 359 g/mol. The second-order valence-corrected chi connectivity index (χ2v) is 5.75. The van der Waals surface area contributed by atoms with E-state index in [9.17, 15) is 22.0 Å². The molecule has 0 bridgehead atoms. The molecule has 0 unspecified atom stereocenters. The third-order valence-electron chi connectivity index (χ3n) is 3.37. The highest BCUT2D eigenvalue weighted by molar-refractivity contribution is 9.10. The van der Waals surface area contributed by atoms with Crippen LogP contribution in [0.1, 0.15) is 17.2 Å². The maximum atomic E-state index is 13.4. The Morgan fingerprint density at radius 2 is 1.71 bits per heavy atom. The van der Waals surface area contributed by atoms with Gasteiger partial charge in [0.05, 0.1) is 11.6 Å². The topological polar surface area (TPSA) is 15.3 Å². The summed E-state index contributed by atoms with van der Waals surface area (Å²) in [5, 5.41) is 3.03. The van der Waals surface area contributed by atoms with Crippen molar-refractivity contribution in [2.75, 3.05) is 26.2 Å². The summed E-state index contributed by atoms with van der Waals surface area (Å²) in [7, 11) is 0. The lowest BCUT2D eigenvalue weighted by Gasteiger charge is -2.35. The molecule has 0 amide bonds. The van der Waals surface area contributed by atoms with Crippen molar-refractivity contribution in [1.82, 2.24) is 10.2 Å². The Balaban J connectivity index is 2.38. The van der Waals surface area contributed by atoms with Crippen LogP contribution in [-0.2, 0) is 6.18 Å². The summed E-state index contributed by atoms with van der Waals surface area (Å²) in [6.07, 6.45) is -7.31. The van der Waals surface area contributed by atoms with E-state index in [2.05, 4.69) is 21.2 Å². The zero-order valence-corrected chi connectivity index (χ0v) is 12.5. The molecule has 0 saturated carbocycles. The Kier molecular flexibility index (Phi) is 5.21. The van der Waals surface area contributed by atoms with E-state index in [4.69, 9.17) is 0 Å². The van der Waals surface area contributed by atoms with E-state index >= 15 is 0 Å². The van der Waals surface area contributed by atoms with Crippen LogP contribution in [0.15, 0.2) is 22.7 Å². The Labute approximate surface area is 127 Å². The summed E-state index contributed by atoms with van der Waals surface area (Å²) in [5.74, 6) is 0. The van der Waals surface area contributed by atoms with Gasteiger partial charge in [0, 0.05) is 30.7 Å². The number of nitrogens with zero attached hydrogens (tertiary/aromatic N) is 1. The minimum Gasteiger partial charge on any atom is -0.314 e. The summed E-state index contributed by atoms with van der Waals surface area (Å²) < 4.78 is 65.4. The van der Waals surface area contributed by atoms with Crippen LogP contribution in [0, 0.1) is 0 Å². The number of rotatable bonds is 3. The number of hydrogen-bond acceptors (Lipinski definition) is 2. The number of nitrogens with one attached hydrogen (secondary N) is 1. The zero-order chi connectivity index (χ0) is 15.6. The normalized spacial score (nSPS) is 19.0. The smallest absolute Gasteiger partial charge is 0.314 e. The van der Waals surface area contributed by atoms with E-state index in [1.165, 1.54) is 11.0 Å². The molecule has 1 aromatic carbocycles. The predicted molar refractivity (Wildman–Crippen MR) is 72.3 cm³/mol. The maximum absolute atomic E-state index is 13.4. The first-order chi connectivity index (χ1) is 9.79. The molecule has 8 heteroatoms. The minimum absolute atomic E-state index is 0.0198. The average Bonchev–Trinajstić information content (AvgIpc) is 2.38. The Morgan fingerprint density at radius 1 is 1.10 bits per heavy atom. The molecule has 1 saturated heterocycles. The molecule has 1 N–H and O–H groups in total. The van der Waals surface area contributed by atoms with Gasteiger partial charge in [-0.2, -0.15) is 13.2 Å². The second-order valence-electron chi connectivity index (χ2n) is 4.84. The molecule has 118 valence electrons. The average molecular weight is 373 g/mol. The molecule has 21 heavy (non-hydrogen) atoms. The van der Waals surface area contributed by atoms with Crippen molar-refractivity contribution in [1.29, 1.82) is 0 Å². The zero-order valence-electron chi connectivity index (χ0n) is 10.9. The number of hydrogen-bond donors (Lipinski definition) is 1. The van der Waals surface area contributed by atoms with E-state index in [1.54, 1.807) is 0 Å². The molecule has 1 aliphatic rings. The maximum Gasteiger partial charge on any atom is 0.416 e. The molecule has 1 atom stereocenters. The van der Waals surface area contributed by atoms with Crippen molar-refractivity contribution >= 4 is 15.9 Å². The van der Waals surface area contributed by atoms with Gasteiger partial charge < -0.3 is 5.32 Å². The van der Waals surface area contributed by atoms with Crippen LogP contribution in [0.25, 0.3) is 0 Å². The van der Waals surface area contributed by atoms with Crippen LogP contribution >= 0.6 is 15.9 Å². The van der Waals surface area contributed by atoms with Gasteiger partial charge in [-0.25, -0.2) is 8.78 Å². The highest BCUT2D eigenvalue weighted by Gasteiger charge is 2.35. The first-order valence-corrected chi connectivity index (χ1v) is 7.19. The summed E-state index contributed by atoms with van der Waals surface area (Å²) in [4.78, 5) is 1.52. The van der Waals surface area contributed by atoms with Crippen molar-refractivity contribution in [3.8, 4) is 0 Å². The summed E-state index contributed by atoms with van der Waals surface area (Å²) >= 11 is 2.97. The first kappa shape index (κ1) is 16.6. The van der Waals surface area contributed by atoms with Crippen LogP contribution in [0.5, 0.6) is 0 Å². The molecule has 0 aliphatic carbocycles. The van der Waals surface area contributed by atoms with Gasteiger partial charge in [0.15, 0.2) is 0 Å². The minimum atomic E-state index is -4.56. The van der Waals surface area contributed by atoms with Crippen molar-refractivity contribution < 1.29 is 22.0 Å². The van der Waals surface area contributed by atoms with Gasteiger partial charge in [-0.15, -0.1) is 0 Å². The molecule has 2 nitrogen and oxygen atoms in total. The highest BCUT2D eigenvalue weighted by atomic mass is 79.9. The second kappa shape index (κ2) is 6.58. The van der Waals surface area contributed by atoms with Gasteiger partial charge in [0.1, 0.15) is 0 Å². The van der Waals surface area contributed by atoms with E-state index in [0.29, 0.717) is 26.2 Å². The largest absolute Gasteiger partial charge is 0.416 e. The quantitative estimate of drug-likeness (QED) is 0.814. The molecule has 0 spiro atoms. The summed E-state index contributed by atoms with van der Waals surface area (Å²) in [5.41, 5.74) is -0.943. The standard InChI is InChI=1S/C13H14BrF5N2/c14-10-6-8(5-9(7-10)13(17,18)19)11(12(15)16)21-3-1-20-2-4-21/h5-7,11-12,20H,1-4H2/t11-/m1/s1. The van der Waals surface area contributed by atoms with Crippen molar-refractivity contribution in [2.45, 2.75) is 18.6 Å². The summed E-state index contributed by atoms with van der Waals surface area (Å²) in [6, 6.07) is 1.70. The molecule has 0 radical (unpaired) electrons. The van der Waals surface area contributed by atoms with Gasteiger partial charge in [-0.3, -0.25) is 4.90 Å². The monoisotopic (exact) mass is 372 g/mol. The molecule has 0 aromatic heterocycles. The molecule has 1 aromatic rings. The number of alkyl halides is 5. The molecule has 2 rings (SSSR count). The lowest BCUT2D eigenvalue weighted by molar-refractivity contribution is -0.137. The molecule has 1 fully saturated rings. The van der Waals surface area contributed by atoms with E-state index in [-0.39, 0.29) is 10.0 Å².